The van der Waals surface area contributed by atoms with Crippen molar-refractivity contribution in [2.45, 2.75) is 51.4 Å². The second kappa shape index (κ2) is 6.37. The van der Waals surface area contributed by atoms with Gasteiger partial charge in [0, 0.05) is 11.8 Å². The number of aromatic nitrogens is 1. The van der Waals surface area contributed by atoms with Crippen LogP contribution in [-0.2, 0) is 10.8 Å². The van der Waals surface area contributed by atoms with Gasteiger partial charge in [0.25, 0.3) is 0 Å². The summed E-state index contributed by atoms with van der Waals surface area (Å²) in [7, 11) is 0. The van der Waals surface area contributed by atoms with Crippen molar-refractivity contribution in [3.8, 4) is 22.4 Å². The molecule has 3 heteroatoms. The third kappa shape index (κ3) is 3.05. The van der Waals surface area contributed by atoms with Crippen molar-refractivity contribution < 1.29 is 9.90 Å². The van der Waals surface area contributed by atoms with Gasteiger partial charge >= 0.3 is 5.97 Å². The Bertz CT molecular complexity index is 1040. The predicted octanol–water partition coefficient (Wildman–Crippen LogP) is 6.40. The van der Waals surface area contributed by atoms with Crippen molar-refractivity contribution in [3.63, 3.8) is 0 Å². The van der Waals surface area contributed by atoms with Crippen LogP contribution in [0, 0.1) is 0 Å². The third-order valence-corrected chi connectivity index (χ3v) is 6.33. The lowest BCUT2D eigenvalue weighted by atomic mass is 9.63. The fourth-order valence-corrected chi connectivity index (χ4v) is 4.38. The van der Waals surface area contributed by atoms with Crippen molar-refractivity contribution in [1.82, 2.24) is 4.98 Å². The molecule has 2 aromatic carbocycles. The summed E-state index contributed by atoms with van der Waals surface area (Å²) in [5.41, 5.74) is 7.91. The van der Waals surface area contributed by atoms with Crippen molar-refractivity contribution in [3.05, 3.63) is 71.4 Å². The van der Waals surface area contributed by atoms with Crippen LogP contribution in [0.5, 0.6) is 0 Å². The zero-order valence-corrected chi connectivity index (χ0v) is 17.0. The van der Waals surface area contributed by atoms with E-state index in [1.807, 2.05) is 18.3 Å². The van der Waals surface area contributed by atoms with E-state index in [0.29, 0.717) is 5.56 Å². The summed E-state index contributed by atoms with van der Waals surface area (Å²) in [4.78, 5) is 14.5. The minimum absolute atomic E-state index is 0.167. The van der Waals surface area contributed by atoms with E-state index >= 15 is 0 Å². The summed E-state index contributed by atoms with van der Waals surface area (Å²) < 4.78 is 0. The van der Waals surface area contributed by atoms with Gasteiger partial charge in [0.15, 0.2) is 0 Å². The fraction of sp³-hybridized carbons (Fsp3) is 0.320. The van der Waals surface area contributed by atoms with Crippen LogP contribution in [0.25, 0.3) is 22.4 Å². The molecule has 2 N–H and O–H groups in total. The molecule has 0 saturated heterocycles. The highest BCUT2D eigenvalue weighted by Gasteiger charge is 2.37. The average molecular weight is 373 g/mol. The molecule has 0 unspecified atom stereocenters. The number of aromatic carboxylic acids is 1. The second-order valence-electron chi connectivity index (χ2n) is 9.18. The highest BCUT2D eigenvalue weighted by Crippen LogP contribution is 2.47. The van der Waals surface area contributed by atoms with Crippen molar-refractivity contribution in [2.24, 2.45) is 0 Å². The fourth-order valence-electron chi connectivity index (χ4n) is 4.38. The maximum absolute atomic E-state index is 11.1. The number of carboxylic acid groups (broad SMARTS) is 1. The highest BCUT2D eigenvalue weighted by molar-refractivity contribution is 5.89. The molecule has 4 rings (SSSR count). The van der Waals surface area contributed by atoms with Crippen LogP contribution < -0.4 is 0 Å². The number of hydrogen-bond acceptors (Lipinski definition) is 1. The number of carboxylic acids is 1. The summed E-state index contributed by atoms with van der Waals surface area (Å²) in [6, 6.07) is 16.0. The summed E-state index contributed by atoms with van der Waals surface area (Å²) in [5, 5.41) is 9.13. The molecule has 0 saturated carbocycles. The molecule has 0 spiro atoms. The molecule has 0 aliphatic heterocycles. The zero-order chi connectivity index (χ0) is 20.1. The Morgan fingerprint density at radius 1 is 0.857 bits per heavy atom. The molecule has 3 nitrogen and oxygen atoms in total. The van der Waals surface area contributed by atoms with Crippen LogP contribution in [0.1, 0.15) is 62.0 Å². The molecule has 3 aromatic rings. The van der Waals surface area contributed by atoms with E-state index in [0.717, 1.165) is 16.8 Å². The van der Waals surface area contributed by atoms with Crippen LogP contribution in [-0.4, -0.2) is 16.1 Å². The molecular weight excluding hydrogens is 346 g/mol. The van der Waals surface area contributed by atoms with Gasteiger partial charge in [0.1, 0.15) is 0 Å². The first-order chi connectivity index (χ1) is 13.2. The molecule has 0 atom stereocenters. The number of carbonyl (C=O) groups is 1. The van der Waals surface area contributed by atoms with Gasteiger partial charge < -0.3 is 10.1 Å². The smallest absolute Gasteiger partial charge is 0.335 e. The van der Waals surface area contributed by atoms with Gasteiger partial charge in [0.05, 0.1) is 11.3 Å². The van der Waals surface area contributed by atoms with Gasteiger partial charge in [0.2, 0.25) is 0 Å². The second-order valence-corrected chi connectivity index (χ2v) is 9.18. The Morgan fingerprint density at radius 2 is 1.46 bits per heavy atom. The van der Waals surface area contributed by atoms with Gasteiger partial charge in [-0.25, -0.2) is 4.79 Å². The number of hydrogen-bond donors (Lipinski definition) is 2. The van der Waals surface area contributed by atoms with Crippen LogP contribution in [0.15, 0.2) is 54.7 Å². The van der Waals surface area contributed by atoms with Gasteiger partial charge in [-0.1, -0.05) is 58.0 Å². The van der Waals surface area contributed by atoms with Crippen LogP contribution in [0.3, 0.4) is 0 Å². The molecule has 144 valence electrons. The molecule has 0 amide bonds. The third-order valence-electron chi connectivity index (χ3n) is 6.33. The Balaban J connectivity index is 1.80. The number of benzene rings is 2. The first kappa shape index (κ1) is 18.5. The van der Waals surface area contributed by atoms with E-state index in [9.17, 15) is 4.79 Å². The maximum atomic E-state index is 11.1. The Hall–Kier alpha value is -2.81. The van der Waals surface area contributed by atoms with E-state index in [-0.39, 0.29) is 10.8 Å². The van der Waals surface area contributed by atoms with Gasteiger partial charge in [-0.3, -0.25) is 0 Å². The topological polar surface area (TPSA) is 53.1 Å². The van der Waals surface area contributed by atoms with E-state index in [1.165, 1.54) is 29.5 Å². The summed E-state index contributed by atoms with van der Waals surface area (Å²) in [6.45, 7) is 9.36. The van der Waals surface area contributed by atoms with E-state index < -0.39 is 5.97 Å². The standard InChI is InChI=1S/C25H27NO2/c1-24(2)12-13-25(3,4)21-15-18(9-10-20(21)24)19-11-14-26-22(19)16-5-7-17(8-6-16)23(27)28/h5-11,14-15,26H,12-13H2,1-4H3,(H,27,28). The van der Waals surface area contributed by atoms with E-state index in [1.54, 1.807) is 12.1 Å². The number of aromatic amines is 1. The van der Waals surface area contributed by atoms with E-state index in [2.05, 4.69) is 56.9 Å². The molecule has 0 fully saturated rings. The first-order valence-corrected chi connectivity index (χ1v) is 9.85. The summed E-state index contributed by atoms with van der Waals surface area (Å²) in [5.74, 6) is -0.905. The summed E-state index contributed by atoms with van der Waals surface area (Å²) in [6.07, 6.45) is 4.34. The maximum Gasteiger partial charge on any atom is 0.335 e. The average Bonchev–Trinajstić information content (AvgIpc) is 3.15. The van der Waals surface area contributed by atoms with Crippen LogP contribution in [0.4, 0.5) is 0 Å². The largest absolute Gasteiger partial charge is 0.478 e. The SMILES string of the molecule is CC1(C)CCC(C)(C)c2cc(-c3cc[nH]c3-c3ccc(C(=O)O)cc3)ccc21. The predicted molar refractivity (Wildman–Crippen MR) is 114 cm³/mol. The molecule has 28 heavy (non-hydrogen) atoms. The minimum Gasteiger partial charge on any atom is -0.478 e. The van der Waals surface area contributed by atoms with Gasteiger partial charge in [-0.05, 0) is 64.1 Å². The Kier molecular flexibility index (Phi) is 4.22. The lowest BCUT2D eigenvalue weighted by molar-refractivity contribution is 0.0697. The molecule has 1 aromatic heterocycles. The lowest BCUT2D eigenvalue weighted by Crippen LogP contribution is -2.33. The number of nitrogens with one attached hydrogen (secondary N) is 1. The van der Waals surface area contributed by atoms with E-state index in [4.69, 9.17) is 5.11 Å². The monoisotopic (exact) mass is 373 g/mol. The normalized spacial score (nSPS) is 17.1. The van der Waals surface area contributed by atoms with Gasteiger partial charge in [-0.15, -0.1) is 0 Å². The Labute approximate surface area is 166 Å². The van der Waals surface area contributed by atoms with Crippen LogP contribution >= 0.6 is 0 Å². The highest BCUT2D eigenvalue weighted by atomic mass is 16.4. The Morgan fingerprint density at radius 3 is 2.11 bits per heavy atom. The number of fused-ring (bicyclic) bond motifs is 1. The van der Waals surface area contributed by atoms with Crippen molar-refractivity contribution in [1.29, 1.82) is 0 Å². The first-order valence-electron chi connectivity index (χ1n) is 9.85. The molecular formula is C25H27NO2. The lowest BCUT2D eigenvalue weighted by Gasteiger charge is -2.42. The molecule has 1 aliphatic rings. The van der Waals surface area contributed by atoms with Gasteiger partial charge in [-0.2, -0.15) is 0 Å². The number of rotatable bonds is 3. The minimum atomic E-state index is -0.905. The quantitative estimate of drug-likeness (QED) is 0.558. The van der Waals surface area contributed by atoms with Crippen molar-refractivity contribution in [2.75, 3.05) is 0 Å². The molecule has 0 bridgehead atoms. The van der Waals surface area contributed by atoms with Crippen LogP contribution in [0.2, 0.25) is 0 Å². The number of H-pyrrole nitrogens is 1. The molecule has 1 aliphatic carbocycles. The van der Waals surface area contributed by atoms with Crippen molar-refractivity contribution >= 4 is 5.97 Å². The molecule has 1 heterocycles. The molecule has 0 radical (unpaired) electrons. The zero-order valence-electron chi connectivity index (χ0n) is 17.0. The summed E-state index contributed by atoms with van der Waals surface area (Å²) >= 11 is 0.